The fourth-order valence-electron chi connectivity index (χ4n) is 4.00. The third-order valence-corrected chi connectivity index (χ3v) is 6.52. The predicted molar refractivity (Wildman–Crippen MR) is 112 cm³/mol. The van der Waals surface area contributed by atoms with Gasteiger partial charge in [0.15, 0.2) is 0 Å². The Morgan fingerprint density at radius 3 is 2.11 bits per heavy atom. The molecular weight excluding hydrogens is 370 g/mol. The van der Waals surface area contributed by atoms with Crippen LogP contribution in [0.3, 0.4) is 0 Å². The lowest BCUT2D eigenvalue weighted by Gasteiger charge is -2.44. The van der Waals surface area contributed by atoms with Gasteiger partial charge in [0.05, 0.1) is 0 Å². The van der Waals surface area contributed by atoms with Crippen molar-refractivity contribution < 1.29 is 9.59 Å². The monoisotopic (exact) mass is 395 g/mol. The molecule has 3 aliphatic heterocycles. The first-order valence-corrected chi connectivity index (χ1v) is 10.6. The molecule has 2 aromatic carbocycles. The number of nitrogens with zero attached hydrogens (tertiary/aromatic N) is 1. The normalized spacial score (nSPS) is 23.2. The summed E-state index contributed by atoms with van der Waals surface area (Å²) in [5, 5.41) is 6.00. The summed E-state index contributed by atoms with van der Waals surface area (Å²) >= 11 is 1.63. The second-order valence-corrected chi connectivity index (χ2v) is 8.70. The highest BCUT2D eigenvalue weighted by Crippen LogP contribution is 2.30. The SMILES string of the molecule is CC(=O)Nc1ccc(Sc2ccc(C(=O)NC3CN4CCC3CC4)cc2)cc1. The van der Waals surface area contributed by atoms with E-state index >= 15 is 0 Å². The third kappa shape index (κ3) is 4.56. The molecule has 2 bridgehead atoms. The van der Waals surface area contributed by atoms with Gasteiger partial charge in [0.1, 0.15) is 0 Å². The van der Waals surface area contributed by atoms with E-state index in [0.717, 1.165) is 22.0 Å². The van der Waals surface area contributed by atoms with Crippen molar-refractivity contribution in [3.05, 3.63) is 54.1 Å². The molecule has 3 aliphatic rings. The minimum absolute atomic E-state index is 0.0231. The van der Waals surface area contributed by atoms with Crippen molar-refractivity contribution in [2.45, 2.75) is 35.6 Å². The second kappa shape index (κ2) is 8.37. The zero-order valence-electron chi connectivity index (χ0n) is 16.0. The minimum atomic E-state index is -0.0764. The van der Waals surface area contributed by atoms with E-state index in [9.17, 15) is 9.59 Å². The van der Waals surface area contributed by atoms with Crippen LogP contribution in [0.15, 0.2) is 58.3 Å². The van der Waals surface area contributed by atoms with Crippen LogP contribution in [0.25, 0.3) is 0 Å². The lowest BCUT2D eigenvalue weighted by atomic mass is 9.84. The van der Waals surface area contributed by atoms with Gasteiger partial charge in [-0.1, -0.05) is 11.8 Å². The van der Waals surface area contributed by atoms with Crippen molar-refractivity contribution >= 4 is 29.3 Å². The van der Waals surface area contributed by atoms with E-state index in [4.69, 9.17) is 0 Å². The average molecular weight is 396 g/mol. The first-order valence-electron chi connectivity index (χ1n) is 9.75. The number of amides is 2. The molecule has 0 aromatic heterocycles. The fourth-order valence-corrected chi connectivity index (χ4v) is 4.82. The van der Waals surface area contributed by atoms with E-state index in [1.807, 2.05) is 48.5 Å². The van der Waals surface area contributed by atoms with Gasteiger partial charge in [-0.05, 0) is 80.4 Å². The van der Waals surface area contributed by atoms with Gasteiger partial charge in [-0.25, -0.2) is 0 Å². The molecule has 0 spiro atoms. The Bertz CT molecular complexity index is 843. The fraction of sp³-hybridized carbons (Fsp3) is 0.364. The van der Waals surface area contributed by atoms with Crippen molar-refractivity contribution in [1.82, 2.24) is 10.2 Å². The van der Waals surface area contributed by atoms with E-state index < -0.39 is 0 Å². The Balaban J connectivity index is 1.34. The van der Waals surface area contributed by atoms with Gasteiger partial charge >= 0.3 is 0 Å². The molecule has 146 valence electrons. The van der Waals surface area contributed by atoms with Gasteiger partial charge in [-0.15, -0.1) is 0 Å². The van der Waals surface area contributed by atoms with Gasteiger partial charge in [-0.2, -0.15) is 0 Å². The highest BCUT2D eigenvalue weighted by Gasteiger charge is 2.34. The highest BCUT2D eigenvalue weighted by molar-refractivity contribution is 7.99. The summed E-state index contributed by atoms with van der Waals surface area (Å²) in [6.07, 6.45) is 2.39. The number of carbonyl (C=O) groups excluding carboxylic acids is 2. The Morgan fingerprint density at radius 2 is 1.57 bits per heavy atom. The molecule has 5 nitrogen and oxygen atoms in total. The molecule has 3 saturated heterocycles. The number of hydrogen-bond acceptors (Lipinski definition) is 4. The van der Waals surface area contributed by atoms with Crippen LogP contribution in [0.2, 0.25) is 0 Å². The number of carbonyl (C=O) groups is 2. The Hall–Kier alpha value is -2.31. The maximum atomic E-state index is 12.6. The lowest BCUT2D eigenvalue weighted by Crippen LogP contribution is -2.57. The Morgan fingerprint density at radius 1 is 0.964 bits per heavy atom. The zero-order valence-corrected chi connectivity index (χ0v) is 16.8. The van der Waals surface area contributed by atoms with Crippen LogP contribution in [-0.4, -0.2) is 42.4 Å². The Kier molecular flexibility index (Phi) is 5.69. The van der Waals surface area contributed by atoms with E-state index in [2.05, 4.69) is 15.5 Å². The Labute approximate surface area is 169 Å². The van der Waals surface area contributed by atoms with Crippen molar-refractivity contribution in [3.63, 3.8) is 0 Å². The van der Waals surface area contributed by atoms with Gasteiger partial charge < -0.3 is 15.5 Å². The van der Waals surface area contributed by atoms with E-state index in [1.54, 1.807) is 11.8 Å². The molecule has 2 amide bonds. The molecule has 0 saturated carbocycles. The quantitative estimate of drug-likeness (QED) is 0.812. The summed E-state index contributed by atoms with van der Waals surface area (Å²) in [5.41, 5.74) is 1.50. The summed E-state index contributed by atoms with van der Waals surface area (Å²) in [6, 6.07) is 15.8. The van der Waals surface area contributed by atoms with Gasteiger partial charge in [0.2, 0.25) is 5.91 Å². The topological polar surface area (TPSA) is 61.4 Å². The van der Waals surface area contributed by atoms with Crippen molar-refractivity contribution in [2.24, 2.45) is 5.92 Å². The molecule has 0 aliphatic carbocycles. The van der Waals surface area contributed by atoms with Crippen LogP contribution in [0.4, 0.5) is 5.69 Å². The van der Waals surface area contributed by atoms with E-state index in [1.165, 1.54) is 32.9 Å². The largest absolute Gasteiger partial charge is 0.348 e. The number of benzene rings is 2. The first kappa shape index (κ1) is 19.0. The van der Waals surface area contributed by atoms with Crippen LogP contribution in [-0.2, 0) is 4.79 Å². The van der Waals surface area contributed by atoms with Crippen molar-refractivity contribution in [1.29, 1.82) is 0 Å². The van der Waals surface area contributed by atoms with Crippen LogP contribution < -0.4 is 10.6 Å². The van der Waals surface area contributed by atoms with Crippen molar-refractivity contribution in [3.8, 4) is 0 Å². The zero-order chi connectivity index (χ0) is 19.5. The summed E-state index contributed by atoms with van der Waals surface area (Å²) in [4.78, 5) is 28.3. The van der Waals surface area contributed by atoms with E-state index in [0.29, 0.717) is 11.5 Å². The van der Waals surface area contributed by atoms with Crippen molar-refractivity contribution in [2.75, 3.05) is 25.0 Å². The number of anilines is 1. The third-order valence-electron chi connectivity index (χ3n) is 5.50. The van der Waals surface area contributed by atoms with Gasteiger partial charge in [0, 0.05) is 40.6 Å². The standard InChI is InChI=1S/C22H25N3O2S/c1-15(26)23-18-4-8-20(9-5-18)28-19-6-2-17(3-7-19)22(27)24-21-14-25-12-10-16(21)11-13-25/h2-9,16,21H,10-14H2,1H3,(H,23,26)(H,24,27). The first-order chi connectivity index (χ1) is 13.6. The summed E-state index contributed by atoms with van der Waals surface area (Å²) < 4.78 is 0. The maximum absolute atomic E-state index is 12.6. The molecule has 3 fully saturated rings. The van der Waals surface area contributed by atoms with Crippen LogP contribution in [0.1, 0.15) is 30.1 Å². The molecule has 28 heavy (non-hydrogen) atoms. The maximum Gasteiger partial charge on any atom is 0.251 e. The second-order valence-electron chi connectivity index (χ2n) is 7.55. The lowest BCUT2D eigenvalue weighted by molar-refractivity contribution is -0.114. The minimum Gasteiger partial charge on any atom is -0.348 e. The molecular formula is C22H25N3O2S. The highest BCUT2D eigenvalue weighted by atomic mass is 32.2. The molecule has 5 rings (SSSR count). The number of rotatable bonds is 5. The molecule has 1 unspecified atom stereocenters. The molecule has 0 radical (unpaired) electrons. The number of piperidine rings is 3. The smallest absolute Gasteiger partial charge is 0.251 e. The number of nitrogens with one attached hydrogen (secondary N) is 2. The molecule has 1 atom stereocenters. The van der Waals surface area contributed by atoms with Gasteiger partial charge in [0.25, 0.3) is 5.91 Å². The molecule has 2 aromatic rings. The molecule has 3 heterocycles. The van der Waals surface area contributed by atoms with Crippen LogP contribution in [0.5, 0.6) is 0 Å². The number of fused-ring (bicyclic) bond motifs is 3. The summed E-state index contributed by atoms with van der Waals surface area (Å²) in [7, 11) is 0. The summed E-state index contributed by atoms with van der Waals surface area (Å²) in [6.45, 7) is 4.83. The predicted octanol–water partition coefficient (Wildman–Crippen LogP) is 3.62. The molecule has 6 heteroatoms. The average Bonchev–Trinajstić information content (AvgIpc) is 2.70. The van der Waals surface area contributed by atoms with Gasteiger partial charge in [-0.3, -0.25) is 9.59 Å². The summed E-state index contributed by atoms with van der Waals surface area (Å²) in [5.74, 6) is 0.576. The molecule has 2 N–H and O–H groups in total. The van der Waals surface area contributed by atoms with E-state index in [-0.39, 0.29) is 17.9 Å². The van der Waals surface area contributed by atoms with Crippen LogP contribution in [0, 0.1) is 5.92 Å². The van der Waals surface area contributed by atoms with Crippen LogP contribution >= 0.6 is 11.8 Å². The number of hydrogen-bond donors (Lipinski definition) is 2.